The van der Waals surface area contributed by atoms with Crippen molar-refractivity contribution in [2.45, 2.75) is 12.8 Å². The Morgan fingerprint density at radius 1 is 1.32 bits per heavy atom. The van der Waals surface area contributed by atoms with Crippen molar-refractivity contribution in [3.8, 4) is 0 Å². The molecule has 1 N–H and O–H groups in total. The average Bonchev–Trinajstić information content (AvgIpc) is 3.01. The van der Waals surface area contributed by atoms with Crippen LogP contribution in [-0.4, -0.2) is 25.5 Å². The standard InChI is InChI=1S/C16H16FNO3S/c1-10(11-4-3-5-12(17)8-11)13-6-7-14(22-13)16(20)18-9-15(19)21-2/h3-8,10H,9H2,1-2H3,(H,18,20). The molecule has 0 aliphatic carbocycles. The van der Waals surface area contributed by atoms with E-state index in [-0.39, 0.29) is 24.2 Å². The molecule has 0 aliphatic heterocycles. The number of halogens is 1. The van der Waals surface area contributed by atoms with Crippen LogP contribution in [0.3, 0.4) is 0 Å². The summed E-state index contributed by atoms with van der Waals surface area (Å²) in [6, 6.07) is 9.94. The summed E-state index contributed by atoms with van der Waals surface area (Å²) < 4.78 is 17.7. The van der Waals surface area contributed by atoms with Gasteiger partial charge in [0.2, 0.25) is 0 Å². The van der Waals surface area contributed by atoms with Gasteiger partial charge in [-0.05, 0) is 29.8 Å². The molecule has 1 unspecified atom stereocenters. The number of nitrogens with one attached hydrogen (secondary N) is 1. The summed E-state index contributed by atoms with van der Waals surface area (Å²) in [5, 5.41) is 2.49. The normalized spacial score (nSPS) is 11.8. The second kappa shape index (κ2) is 7.17. The maximum atomic E-state index is 13.3. The molecular formula is C16H16FNO3S. The van der Waals surface area contributed by atoms with Gasteiger partial charge in [0.25, 0.3) is 5.91 Å². The smallest absolute Gasteiger partial charge is 0.325 e. The molecule has 1 heterocycles. The van der Waals surface area contributed by atoms with Crippen molar-refractivity contribution in [3.63, 3.8) is 0 Å². The van der Waals surface area contributed by atoms with Gasteiger partial charge in [-0.2, -0.15) is 0 Å². The van der Waals surface area contributed by atoms with E-state index in [0.717, 1.165) is 10.4 Å². The minimum Gasteiger partial charge on any atom is -0.468 e. The highest BCUT2D eigenvalue weighted by molar-refractivity contribution is 7.14. The molecule has 0 fully saturated rings. The van der Waals surface area contributed by atoms with Gasteiger partial charge in [0.1, 0.15) is 12.4 Å². The first kappa shape index (κ1) is 16.2. The summed E-state index contributed by atoms with van der Waals surface area (Å²) >= 11 is 1.32. The third kappa shape index (κ3) is 3.92. The molecule has 2 aromatic rings. The lowest BCUT2D eigenvalue weighted by atomic mass is 10.00. The summed E-state index contributed by atoms with van der Waals surface area (Å²) in [4.78, 5) is 24.4. The van der Waals surface area contributed by atoms with Crippen molar-refractivity contribution < 1.29 is 18.7 Å². The van der Waals surface area contributed by atoms with Crippen LogP contribution in [0.1, 0.15) is 33.0 Å². The number of ether oxygens (including phenoxy) is 1. The lowest BCUT2D eigenvalue weighted by Crippen LogP contribution is -2.29. The number of rotatable bonds is 5. The number of carbonyl (C=O) groups is 2. The molecule has 0 saturated heterocycles. The van der Waals surface area contributed by atoms with E-state index in [2.05, 4.69) is 10.1 Å². The van der Waals surface area contributed by atoms with E-state index in [9.17, 15) is 14.0 Å². The van der Waals surface area contributed by atoms with Crippen molar-refractivity contribution in [1.82, 2.24) is 5.32 Å². The second-order valence-corrected chi connectivity index (χ2v) is 5.85. The van der Waals surface area contributed by atoms with Crippen LogP contribution in [0.25, 0.3) is 0 Å². The topological polar surface area (TPSA) is 55.4 Å². The third-order valence-corrected chi connectivity index (χ3v) is 4.51. The zero-order valence-electron chi connectivity index (χ0n) is 12.3. The van der Waals surface area contributed by atoms with Crippen molar-refractivity contribution >= 4 is 23.2 Å². The summed E-state index contributed by atoms with van der Waals surface area (Å²) in [5.41, 5.74) is 0.850. The van der Waals surface area contributed by atoms with Crippen LogP contribution in [-0.2, 0) is 9.53 Å². The van der Waals surface area contributed by atoms with Gasteiger partial charge in [0, 0.05) is 10.8 Å². The number of benzene rings is 1. The summed E-state index contributed by atoms with van der Waals surface area (Å²) in [7, 11) is 1.26. The van der Waals surface area contributed by atoms with Crippen molar-refractivity contribution in [1.29, 1.82) is 0 Å². The Kier molecular flexibility index (Phi) is 5.27. The highest BCUT2D eigenvalue weighted by Gasteiger charge is 2.15. The van der Waals surface area contributed by atoms with Crippen molar-refractivity contribution in [3.05, 3.63) is 57.5 Å². The van der Waals surface area contributed by atoms with E-state index in [4.69, 9.17) is 0 Å². The fourth-order valence-electron chi connectivity index (χ4n) is 1.96. The Morgan fingerprint density at radius 3 is 2.77 bits per heavy atom. The molecule has 0 saturated carbocycles. The molecule has 1 amide bonds. The molecule has 0 bridgehead atoms. The number of methoxy groups -OCH3 is 1. The molecule has 1 aromatic carbocycles. The van der Waals surface area contributed by atoms with E-state index < -0.39 is 5.97 Å². The van der Waals surface area contributed by atoms with E-state index >= 15 is 0 Å². The van der Waals surface area contributed by atoms with Gasteiger partial charge < -0.3 is 10.1 Å². The number of hydrogen-bond donors (Lipinski definition) is 1. The van der Waals surface area contributed by atoms with Crippen LogP contribution >= 0.6 is 11.3 Å². The Labute approximate surface area is 131 Å². The van der Waals surface area contributed by atoms with Crippen LogP contribution in [0.2, 0.25) is 0 Å². The SMILES string of the molecule is COC(=O)CNC(=O)c1ccc(C(C)c2cccc(F)c2)s1. The fraction of sp³-hybridized carbons (Fsp3) is 0.250. The third-order valence-electron chi connectivity index (χ3n) is 3.25. The van der Waals surface area contributed by atoms with Crippen molar-refractivity contribution in [2.75, 3.05) is 13.7 Å². The van der Waals surface area contributed by atoms with Gasteiger partial charge in [-0.15, -0.1) is 11.3 Å². The monoisotopic (exact) mass is 321 g/mol. The molecular weight excluding hydrogens is 305 g/mol. The first-order valence-corrected chi connectivity index (χ1v) is 7.53. The zero-order chi connectivity index (χ0) is 16.1. The summed E-state index contributed by atoms with van der Waals surface area (Å²) in [6.45, 7) is 1.79. The Bertz CT molecular complexity index is 684. The van der Waals surface area contributed by atoms with E-state index in [1.807, 2.05) is 19.1 Å². The Balaban J connectivity index is 2.07. The molecule has 1 aromatic heterocycles. The maximum Gasteiger partial charge on any atom is 0.325 e. The van der Waals surface area contributed by atoms with Crippen LogP contribution in [0, 0.1) is 5.82 Å². The molecule has 6 heteroatoms. The van der Waals surface area contributed by atoms with E-state index in [1.54, 1.807) is 12.1 Å². The molecule has 116 valence electrons. The summed E-state index contributed by atoms with van der Waals surface area (Å²) in [6.07, 6.45) is 0. The largest absolute Gasteiger partial charge is 0.468 e. The highest BCUT2D eigenvalue weighted by atomic mass is 32.1. The maximum absolute atomic E-state index is 13.3. The summed E-state index contributed by atoms with van der Waals surface area (Å²) in [5.74, 6) is -1.12. The predicted octanol–water partition coefficient (Wildman–Crippen LogP) is 2.94. The first-order valence-electron chi connectivity index (χ1n) is 6.71. The zero-order valence-corrected chi connectivity index (χ0v) is 13.1. The number of thiophene rings is 1. The fourth-order valence-corrected chi connectivity index (χ4v) is 2.96. The minimum atomic E-state index is -0.502. The number of carbonyl (C=O) groups excluding carboxylic acids is 2. The van der Waals surface area contributed by atoms with Gasteiger partial charge in [-0.1, -0.05) is 19.1 Å². The lowest BCUT2D eigenvalue weighted by molar-refractivity contribution is -0.139. The average molecular weight is 321 g/mol. The Morgan fingerprint density at radius 2 is 2.09 bits per heavy atom. The van der Waals surface area contributed by atoms with E-state index in [0.29, 0.717) is 4.88 Å². The lowest BCUT2D eigenvalue weighted by Gasteiger charge is -2.09. The number of esters is 1. The molecule has 2 rings (SSSR count). The van der Waals surface area contributed by atoms with Crippen LogP contribution < -0.4 is 5.32 Å². The highest BCUT2D eigenvalue weighted by Crippen LogP contribution is 2.30. The van der Waals surface area contributed by atoms with Crippen molar-refractivity contribution in [2.24, 2.45) is 0 Å². The molecule has 0 spiro atoms. The number of amides is 1. The van der Waals surface area contributed by atoms with Gasteiger partial charge in [0.15, 0.2) is 0 Å². The molecule has 22 heavy (non-hydrogen) atoms. The van der Waals surface area contributed by atoms with Crippen LogP contribution in [0.15, 0.2) is 36.4 Å². The van der Waals surface area contributed by atoms with Crippen LogP contribution in [0.5, 0.6) is 0 Å². The van der Waals surface area contributed by atoms with Gasteiger partial charge in [-0.25, -0.2) is 4.39 Å². The first-order chi connectivity index (χ1) is 10.5. The van der Waals surface area contributed by atoms with Gasteiger partial charge >= 0.3 is 5.97 Å². The van der Waals surface area contributed by atoms with Crippen LogP contribution in [0.4, 0.5) is 4.39 Å². The second-order valence-electron chi connectivity index (χ2n) is 4.74. The van der Waals surface area contributed by atoms with Gasteiger partial charge in [-0.3, -0.25) is 9.59 Å². The molecule has 1 atom stereocenters. The molecule has 0 aliphatic rings. The Hall–Kier alpha value is -2.21. The minimum absolute atomic E-state index is 0.0112. The quantitative estimate of drug-likeness (QED) is 0.862. The molecule has 4 nitrogen and oxygen atoms in total. The molecule has 0 radical (unpaired) electrons. The van der Waals surface area contributed by atoms with E-state index in [1.165, 1.54) is 30.6 Å². The number of hydrogen-bond acceptors (Lipinski definition) is 4. The van der Waals surface area contributed by atoms with Gasteiger partial charge in [0.05, 0.1) is 12.0 Å². The predicted molar refractivity (Wildman–Crippen MR) is 82.6 cm³/mol.